The van der Waals surface area contributed by atoms with Crippen LogP contribution >= 0.6 is 0 Å². The van der Waals surface area contributed by atoms with Gasteiger partial charge < -0.3 is 4.52 Å². The molecule has 0 amide bonds. The molecule has 11 heavy (non-hydrogen) atoms. The predicted molar refractivity (Wildman–Crippen MR) is 41.8 cm³/mol. The van der Waals surface area contributed by atoms with Crippen LogP contribution in [0, 0.1) is 6.92 Å². The van der Waals surface area contributed by atoms with E-state index in [9.17, 15) is 0 Å². The van der Waals surface area contributed by atoms with Gasteiger partial charge in [0.1, 0.15) is 0 Å². The second kappa shape index (κ2) is 3.50. The molecule has 0 spiro atoms. The third-order valence-corrected chi connectivity index (χ3v) is 1.25. The van der Waals surface area contributed by atoms with Gasteiger partial charge in [-0.25, -0.2) is 5.43 Å². The van der Waals surface area contributed by atoms with E-state index in [1.165, 1.54) is 0 Å². The van der Waals surface area contributed by atoms with Crippen LogP contribution < -0.4 is 5.43 Å². The Labute approximate surface area is 66.1 Å². The average Bonchev–Trinajstić information content (AvgIpc) is 2.31. The molecule has 1 aromatic rings. The Morgan fingerprint density at radius 1 is 1.64 bits per heavy atom. The minimum absolute atomic E-state index is 0.688. The van der Waals surface area contributed by atoms with E-state index in [1.807, 2.05) is 32.1 Å². The minimum atomic E-state index is 0.688. The van der Waals surface area contributed by atoms with Crippen molar-refractivity contribution in [3.63, 3.8) is 0 Å². The van der Waals surface area contributed by atoms with Crippen LogP contribution in [0.3, 0.4) is 0 Å². The summed E-state index contributed by atoms with van der Waals surface area (Å²) in [6.07, 6.45) is 0. The normalized spacial score (nSPS) is 10.9. The molecule has 1 heterocycles. The van der Waals surface area contributed by atoms with Gasteiger partial charge in [-0.1, -0.05) is 5.16 Å². The summed E-state index contributed by atoms with van der Waals surface area (Å²) in [6, 6.07) is 1.91. The fourth-order valence-electron chi connectivity index (χ4n) is 0.736. The van der Waals surface area contributed by atoms with Crippen molar-refractivity contribution in [2.24, 2.45) is 0 Å². The van der Waals surface area contributed by atoms with Crippen molar-refractivity contribution in [1.82, 2.24) is 15.6 Å². The number of aromatic nitrogens is 1. The van der Waals surface area contributed by atoms with E-state index in [2.05, 4.69) is 10.6 Å². The van der Waals surface area contributed by atoms with E-state index in [-0.39, 0.29) is 0 Å². The Hall–Kier alpha value is -0.870. The summed E-state index contributed by atoms with van der Waals surface area (Å²) in [6.45, 7) is 2.59. The lowest BCUT2D eigenvalue weighted by atomic mass is 10.4. The van der Waals surface area contributed by atoms with Gasteiger partial charge in [-0.3, -0.25) is 5.01 Å². The summed E-state index contributed by atoms with van der Waals surface area (Å²) < 4.78 is 4.98. The maximum Gasteiger partial charge on any atom is 0.152 e. The molecule has 0 radical (unpaired) electrons. The van der Waals surface area contributed by atoms with Gasteiger partial charge in [-0.05, 0) is 6.92 Å². The van der Waals surface area contributed by atoms with Crippen LogP contribution in [-0.2, 0) is 6.54 Å². The van der Waals surface area contributed by atoms with Gasteiger partial charge in [0, 0.05) is 20.2 Å². The average molecular weight is 155 g/mol. The van der Waals surface area contributed by atoms with Crippen LogP contribution in [0.1, 0.15) is 11.5 Å². The second-order valence-corrected chi connectivity index (χ2v) is 2.66. The lowest BCUT2D eigenvalue weighted by Crippen LogP contribution is -2.29. The standard InChI is InChI=1S/C7H13N3O/c1-6-4-7(11-9-6)5-8-10(2)3/h4,8H,5H2,1-3H3. The van der Waals surface area contributed by atoms with Gasteiger partial charge in [0.15, 0.2) is 5.76 Å². The van der Waals surface area contributed by atoms with Crippen molar-refractivity contribution in [3.8, 4) is 0 Å². The minimum Gasteiger partial charge on any atom is -0.360 e. The molecule has 1 aromatic heterocycles. The lowest BCUT2D eigenvalue weighted by molar-refractivity contribution is 0.260. The molecule has 4 nitrogen and oxygen atoms in total. The first-order valence-electron chi connectivity index (χ1n) is 3.51. The topological polar surface area (TPSA) is 41.3 Å². The third-order valence-electron chi connectivity index (χ3n) is 1.25. The van der Waals surface area contributed by atoms with Crippen LogP contribution in [0.2, 0.25) is 0 Å². The van der Waals surface area contributed by atoms with E-state index >= 15 is 0 Å². The fourth-order valence-corrected chi connectivity index (χ4v) is 0.736. The van der Waals surface area contributed by atoms with Gasteiger partial charge in [-0.2, -0.15) is 0 Å². The zero-order valence-electron chi connectivity index (χ0n) is 7.09. The van der Waals surface area contributed by atoms with Crippen molar-refractivity contribution in [1.29, 1.82) is 0 Å². The van der Waals surface area contributed by atoms with Crippen LogP contribution in [0.5, 0.6) is 0 Å². The van der Waals surface area contributed by atoms with Crippen molar-refractivity contribution in [3.05, 3.63) is 17.5 Å². The summed E-state index contributed by atoms with van der Waals surface area (Å²) in [4.78, 5) is 0. The Morgan fingerprint density at radius 2 is 2.36 bits per heavy atom. The molecule has 0 aromatic carbocycles. The Kier molecular flexibility index (Phi) is 2.62. The molecule has 0 aliphatic rings. The number of hydrazine groups is 1. The molecule has 0 aliphatic heterocycles. The van der Waals surface area contributed by atoms with E-state index in [0.29, 0.717) is 6.54 Å². The largest absolute Gasteiger partial charge is 0.360 e. The zero-order valence-corrected chi connectivity index (χ0v) is 7.09. The van der Waals surface area contributed by atoms with Gasteiger partial charge in [-0.15, -0.1) is 0 Å². The maximum absolute atomic E-state index is 4.98. The second-order valence-electron chi connectivity index (χ2n) is 2.66. The maximum atomic E-state index is 4.98. The number of nitrogens with one attached hydrogen (secondary N) is 1. The molecule has 0 bridgehead atoms. The first kappa shape index (κ1) is 8.23. The number of aryl methyl sites for hydroxylation is 1. The van der Waals surface area contributed by atoms with E-state index < -0.39 is 0 Å². The van der Waals surface area contributed by atoms with Crippen molar-refractivity contribution in [2.75, 3.05) is 14.1 Å². The summed E-state index contributed by atoms with van der Waals surface area (Å²) in [5.74, 6) is 0.858. The van der Waals surface area contributed by atoms with Crippen LogP contribution in [0.15, 0.2) is 10.6 Å². The molecular weight excluding hydrogens is 142 g/mol. The smallest absolute Gasteiger partial charge is 0.152 e. The van der Waals surface area contributed by atoms with Crippen molar-refractivity contribution >= 4 is 0 Å². The van der Waals surface area contributed by atoms with E-state index in [1.54, 1.807) is 0 Å². The number of hydrogen-bond acceptors (Lipinski definition) is 4. The third kappa shape index (κ3) is 2.69. The lowest BCUT2D eigenvalue weighted by Gasteiger charge is -2.08. The summed E-state index contributed by atoms with van der Waals surface area (Å²) in [7, 11) is 3.87. The van der Waals surface area contributed by atoms with E-state index in [4.69, 9.17) is 4.52 Å². The predicted octanol–water partition coefficient (Wildman–Crippen LogP) is 0.549. The highest BCUT2D eigenvalue weighted by Gasteiger charge is 1.98. The van der Waals surface area contributed by atoms with Gasteiger partial charge >= 0.3 is 0 Å². The highest BCUT2D eigenvalue weighted by atomic mass is 16.5. The summed E-state index contributed by atoms with van der Waals surface area (Å²) >= 11 is 0. The fraction of sp³-hybridized carbons (Fsp3) is 0.571. The number of hydrogen-bond donors (Lipinski definition) is 1. The van der Waals surface area contributed by atoms with E-state index in [0.717, 1.165) is 11.5 Å². The summed E-state index contributed by atoms with van der Waals surface area (Å²) in [5, 5.41) is 5.63. The van der Waals surface area contributed by atoms with Gasteiger partial charge in [0.05, 0.1) is 12.2 Å². The molecular formula is C7H13N3O. The van der Waals surface area contributed by atoms with Crippen molar-refractivity contribution < 1.29 is 4.52 Å². The molecule has 0 fully saturated rings. The van der Waals surface area contributed by atoms with Crippen LogP contribution in [0.4, 0.5) is 0 Å². The molecule has 0 saturated carbocycles. The molecule has 4 heteroatoms. The highest BCUT2D eigenvalue weighted by Crippen LogP contribution is 2.00. The summed E-state index contributed by atoms with van der Waals surface area (Å²) in [5.41, 5.74) is 3.99. The Balaban J connectivity index is 2.39. The first-order chi connectivity index (χ1) is 5.18. The highest BCUT2D eigenvalue weighted by molar-refractivity contribution is 5.02. The Morgan fingerprint density at radius 3 is 2.82 bits per heavy atom. The van der Waals surface area contributed by atoms with Crippen LogP contribution in [0.25, 0.3) is 0 Å². The molecule has 62 valence electrons. The molecule has 0 atom stereocenters. The quantitative estimate of drug-likeness (QED) is 0.647. The van der Waals surface area contributed by atoms with Crippen molar-refractivity contribution in [2.45, 2.75) is 13.5 Å². The first-order valence-corrected chi connectivity index (χ1v) is 3.51. The molecule has 1 rings (SSSR count). The van der Waals surface area contributed by atoms with Gasteiger partial charge in [0.25, 0.3) is 0 Å². The van der Waals surface area contributed by atoms with Crippen LogP contribution in [-0.4, -0.2) is 24.3 Å². The number of rotatable bonds is 3. The zero-order chi connectivity index (χ0) is 8.27. The molecule has 0 aliphatic carbocycles. The SMILES string of the molecule is Cc1cc(CNN(C)C)on1. The molecule has 0 saturated heterocycles. The molecule has 1 N–H and O–H groups in total. The monoisotopic (exact) mass is 155 g/mol. The Bertz CT molecular complexity index is 219. The molecule has 0 unspecified atom stereocenters. The number of nitrogens with zero attached hydrogens (tertiary/aromatic N) is 2. The van der Waals surface area contributed by atoms with Gasteiger partial charge in [0.2, 0.25) is 0 Å².